The van der Waals surface area contributed by atoms with Gasteiger partial charge in [-0.15, -0.1) is 13.2 Å². The van der Waals surface area contributed by atoms with Gasteiger partial charge in [-0.3, -0.25) is 4.79 Å². The van der Waals surface area contributed by atoms with Crippen LogP contribution in [-0.4, -0.2) is 18.7 Å². The predicted octanol–water partition coefficient (Wildman–Crippen LogP) is 0.398. The highest BCUT2D eigenvalue weighted by atomic mass is 16.6. The van der Waals surface area contributed by atoms with Crippen LogP contribution in [0.25, 0.3) is 0 Å². The van der Waals surface area contributed by atoms with Crippen LogP contribution in [0, 0.1) is 0 Å². The molecule has 1 fully saturated rings. The van der Waals surface area contributed by atoms with Gasteiger partial charge in [0.15, 0.2) is 0 Å². The molecule has 0 atom stereocenters. The number of cyclic esters (lactones) is 1. The highest BCUT2D eigenvalue weighted by molar-refractivity contribution is 5.73. The minimum Gasteiger partial charge on any atom is -0.465 e. The predicted molar refractivity (Wildman–Crippen MR) is 34.0 cm³/mol. The first-order valence-electron chi connectivity index (χ1n) is 2.46. The fourth-order valence-electron chi connectivity index (χ4n) is 0.185. The van der Waals surface area contributed by atoms with Crippen molar-refractivity contribution in [3.63, 3.8) is 0 Å². The molecule has 0 aromatic heterocycles. The van der Waals surface area contributed by atoms with Crippen molar-refractivity contribution >= 4 is 12.1 Å². The Morgan fingerprint density at radius 2 is 1.70 bits per heavy atom. The molecule has 0 radical (unpaired) electrons. The molecule has 0 aromatic carbocycles. The average molecular weight is 147 g/mol. The van der Waals surface area contributed by atoms with Gasteiger partial charge in [0.25, 0.3) is 0 Å². The van der Waals surface area contributed by atoms with E-state index in [4.69, 9.17) is 9.59 Å². The van der Waals surface area contributed by atoms with E-state index in [1.54, 1.807) is 0 Å². The maximum atomic E-state index is 9.68. The van der Waals surface area contributed by atoms with E-state index in [1.807, 2.05) is 0 Å². The van der Waals surface area contributed by atoms with E-state index < -0.39 is 0 Å². The van der Waals surface area contributed by atoms with Crippen molar-refractivity contribution in [3.05, 3.63) is 13.2 Å². The van der Waals surface area contributed by atoms with Crippen LogP contribution in [0.3, 0.4) is 0 Å². The number of hydrogen-bond acceptors (Lipinski definition) is 4. The summed E-state index contributed by atoms with van der Waals surface area (Å²) in [5.41, 5.74) is 0. The minimum absolute atomic E-state index is 0. The van der Waals surface area contributed by atoms with Gasteiger partial charge in [-0.05, 0) is 0 Å². The number of hydrogen-bond donors (Lipinski definition) is 0. The van der Waals surface area contributed by atoms with Crippen LogP contribution in [0.15, 0.2) is 13.2 Å². The highest BCUT2D eigenvalue weighted by Crippen LogP contribution is 1.97. The Kier molecular flexibility index (Phi) is 12.0. The fourth-order valence-corrected chi connectivity index (χ4v) is 0.185. The van der Waals surface area contributed by atoms with E-state index in [-0.39, 0.29) is 13.5 Å². The van der Waals surface area contributed by atoms with Crippen molar-refractivity contribution in [2.24, 2.45) is 0 Å². The molecule has 0 aromatic rings. The molecule has 1 saturated heterocycles. The average Bonchev–Trinajstić information content (AvgIpc) is 1.90. The van der Waals surface area contributed by atoms with Crippen molar-refractivity contribution in [2.75, 3.05) is 6.61 Å². The quantitative estimate of drug-likeness (QED) is 0.367. The first-order chi connectivity index (χ1) is 4.81. The molecule has 0 amide bonds. The first kappa shape index (κ1) is 11.4. The summed E-state index contributed by atoms with van der Waals surface area (Å²) < 4.78 is 4.29. The molecule has 0 bridgehead atoms. The maximum Gasteiger partial charge on any atom is 0.373 e. The summed E-state index contributed by atoms with van der Waals surface area (Å²) in [7, 11) is 0. The zero-order valence-electron chi connectivity index (χ0n) is 5.46. The number of esters is 1. The van der Waals surface area contributed by atoms with Crippen LogP contribution in [0.1, 0.15) is 7.85 Å². The van der Waals surface area contributed by atoms with E-state index in [2.05, 4.69) is 17.9 Å². The Morgan fingerprint density at radius 3 is 1.70 bits per heavy atom. The van der Waals surface area contributed by atoms with E-state index in [0.717, 1.165) is 0 Å². The lowest BCUT2D eigenvalue weighted by atomic mass is 10.4. The van der Waals surface area contributed by atoms with Gasteiger partial charge in [0.05, 0.1) is 6.42 Å². The topological polar surface area (TPSA) is 60.4 Å². The summed E-state index contributed by atoms with van der Waals surface area (Å²) in [5, 5.41) is 0. The van der Waals surface area contributed by atoms with E-state index in [9.17, 15) is 4.79 Å². The van der Waals surface area contributed by atoms with Crippen LogP contribution < -0.4 is 0 Å². The Balaban J connectivity index is -0.0000000956. The van der Waals surface area contributed by atoms with Crippen LogP contribution in [-0.2, 0) is 19.1 Å². The van der Waals surface area contributed by atoms with Crippen molar-refractivity contribution in [3.8, 4) is 0 Å². The monoisotopic (exact) mass is 147 g/mol. The summed E-state index contributed by atoms with van der Waals surface area (Å²) in [5.74, 6) is -0.0648. The van der Waals surface area contributed by atoms with Crippen LogP contribution in [0.2, 0.25) is 0 Å². The molecule has 4 heteroatoms. The Morgan fingerprint density at radius 1 is 1.50 bits per heavy atom. The SMILES string of the molecule is C=C.O=C1CCO1.O=C=O.[2HH]. The van der Waals surface area contributed by atoms with Gasteiger partial charge in [0.1, 0.15) is 6.61 Å². The molecule has 58 valence electrons. The second-order valence-corrected chi connectivity index (χ2v) is 1.05. The fraction of sp³-hybridized carbons (Fsp3) is 0.333. The molecule has 0 saturated carbocycles. The Labute approximate surface area is 60.0 Å². The molecular formula is C6H10O4. The first-order valence-corrected chi connectivity index (χ1v) is 2.46. The second-order valence-electron chi connectivity index (χ2n) is 1.05. The van der Waals surface area contributed by atoms with Gasteiger partial charge in [-0.1, -0.05) is 0 Å². The Hall–Kier alpha value is -1.41. The number of rotatable bonds is 0. The van der Waals surface area contributed by atoms with Crippen molar-refractivity contribution in [2.45, 2.75) is 6.42 Å². The summed E-state index contributed by atoms with van der Waals surface area (Å²) >= 11 is 0. The molecule has 4 nitrogen and oxygen atoms in total. The van der Waals surface area contributed by atoms with E-state index in [1.165, 1.54) is 0 Å². The van der Waals surface area contributed by atoms with Gasteiger partial charge in [-0.2, -0.15) is 9.59 Å². The molecule has 0 spiro atoms. The van der Waals surface area contributed by atoms with Crippen LogP contribution in [0.4, 0.5) is 0 Å². The third-order valence-corrected chi connectivity index (χ3v) is 0.569. The second kappa shape index (κ2) is 10.5. The van der Waals surface area contributed by atoms with Gasteiger partial charge in [0, 0.05) is 1.43 Å². The van der Waals surface area contributed by atoms with Crippen LogP contribution in [0.5, 0.6) is 0 Å². The summed E-state index contributed by atoms with van der Waals surface area (Å²) in [6, 6.07) is 0. The molecule has 1 aliphatic heterocycles. The Bertz CT molecular complexity index is 123. The third kappa shape index (κ3) is 9.77. The summed E-state index contributed by atoms with van der Waals surface area (Å²) in [6.45, 7) is 6.64. The zero-order chi connectivity index (χ0) is 8.41. The van der Waals surface area contributed by atoms with Gasteiger partial charge < -0.3 is 4.74 Å². The van der Waals surface area contributed by atoms with Crippen molar-refractivity contribution in [1.29, 1.82) is 0 Å². The van der Waals surface area contributed by atoms with Crippen molar-refractivity contribution in [1.82, 2.24) is 0 Å². The molecule has 1 heterocycles. The van der Waals surface area contributed by atoms with Gasteiger partial charge in [-0.25, -0.2) is 0 Å². The third-order valence-electron chi connectivity index (χ3n) is 0.569. The lowest BCUT2D eigenvalue weighted by molar-refractivity contribution is -0.191. The van der Waals surface area contributed by atoms with Gasteiger partial charge >= 0.3 is 12.1 Å². The molecule has 1 rings (SSSR count). The largest absolute Gasteiger partial charge is 0.465 e. The number of ether oxygens (including phenoxy) is 1. The molecular weight excluding hydrogens is 136 g/mol. The molecule has 0 unspecified atom stereocenters. The van der Waals surface area contributed by atoms with E-state index in [0.29, 0.717) is 13.0 Å². The number of carbonyl (C=O) groups excluding carboxylic acids is 3. The molecule has 10 heavy (non-hydrogen) atoms. The molecule has 1 aliphatic rings. The highest BCUT2D eigenvalue weighted by Gasteiger charge is 2.10. The number of carbonyl (C=O) groups is 1. The smallest absolute Gasteiger partial charge is 0.373 e. The van der Waals surface area contributed by atoms with E-state index >= 15 is 0 Å². The minimum atomic E-state index is -0.0648. The lowest BCUT2D eigenvalue weighted by Gasteiger charge is -2.09. The van der Waals surface area contributed by atoms with Gasteiger partial charge in [0.2, 0.25) is 0 Å². The zero-order valence-corrected chi connectivity index (χ0v) is 5.46. The standard InChI is InChI=1S/C3H4O2.C2H4.CO2.H2/c4-3-1-2-5-3;1-2;2-1-3;/h1-2H2;1-2H2;;1H/i;;;1+1. The molecule has 0 aliphatic carbocycles. The maximum absolute atomic E-state index is 9.68. The lowest BCUT2D eigenvalue weighted by Crippen LogP contribution is -2.18. The molecule has 0 N–H and O–H groups in total. The van der Waals surface area contributed by atoms with Crippen LogP contribution >= 0.6 is 0 Å². The normalized spacial score (nSPS) is 11.4. The van der Waals surface area contributed by atoms with Crippen molar-refractivity contribution < 1.29 is 20.5 Å². The summed E-state index contributed by atoms with van der Waals surface area (Å²) in [4.78, 5) is 25.9. The summed E-state index contributed by atoms with van der Waals surface area (Å²) in [6.07, 6.45) is 0.875.